The average molecular weight is 1490 g/mol. The molecule has 6 amide bonds. The van der Waals surface area contributed by atoms with Gasteiger partial charge in [-0.3, -0.25) is 33.7 Å². The van der Waals surface area contributed by atoms with Crippen LogP contribution in [0.5, 0.6) is 0 Å². The van der Waals surface area contributed by atoms with Crippen molar-refractivity contribution >= 4 is 83.2 Å². The number of carbonyl (C=O) groups excluding carboxylic acids is 6. The van der Waals surface area contributed by atoms with Gasteiger partial charge in [-0.15, -0.1) is 0 Å². The van der Waals surface area contributed by atoms with Crippen LogP contribution in [-0.4, -0.2) is 201 Å². The number of aliphatic hydroxyl groups excluding tert-OH is 6. The highest BCUT2D eigenvalue weighted by molar-refractivity contribution is 9.11. The number of nitrogens with zero attached hydrogens (tertiary/aromatic N) is 4. The summed E-state index contributed by atoms with van der Waals surface area (Å²) in [5, 5.41) is 76.8. The van der Waals surface area contributed by atoms with Gasteiger partial charge in [-0.25, -0.2) is 0 Å². The highest BCUT2D eigenvalue weighted by Crippen LogP contribution is 2.39. The smallest absolute Gasteiger partial charge is 0.254 e. The summed E-state index contributed by atoms with van der Waals surface area (Å²) < 4.78 is 2.76. The molecule has 5 aliphatic rings. The van der Waals surface area contributed by atoms with E-state index >= 15 is 0 Å². The molecule has 5 saturated heterocycles. The van der Waals surface area contributed by atoms with Crippen molar-refractivity contribution in [1.29, 1.82) is 0 Å². The predicted molar refractivity (Wildman–Crippen MR) is 367 cm³/mol. The van der Waals surface area contributed by atoms with E-state index in [1.807, 2.05) is 109 Å². The summed E-state index contributed by atoms with van der Waals surface area (Å²) in [5.41, 5.74) is 5.37. The second kappa shape index (κ2) is 34.8. The van der Waals surface area contributed by atoms with E-state index in [0.717, 1.165) is 101 Å². The lowest BCUT2D eigenvalue weighted by molar-refractivity contribution is -0.155. The topological polar surface area (TPSA) is 297 Å². The first-order valence-corrected chi connectivity index (χ1v) is 34.7. The Balaban J connectivity index is 0.000000183. The molecule has 0 aromatic heterocycles. The lowest BCUT2D eigenvalue weighted by Gasteiger charge is -2.44. The van der Waals surface area contributed by atoms with Crippen LogP contribution in [0.3, 0.4) is 0 Å². The summed E-state index contributed by atoms with van der Waals surface area (Å²) >= 11 is 10.1. The molecule has 0 aliphatic carbocycles. The van der Waals surface area contributed by atoms with E-state index in [1.54, 1.807) is 30.6 Å². The Morgan fingerprint density at radius 3 is 0.989 bits per heavy atom. The summed E-state index contributed by atoms with van der Waals surface area (Å²) in [6, 6.07) is 41.6. The van der Waals surface area contributed by atoms with E-state index in [9.17, 15) is 59.4 Å². The largest absolute Gasteiger partial charge is 0.380 e. The van der Waals surface area contributed by atoms with Crippen LogP contribution in [0.1, 0.15) is 118 Å². The molecule has 5 heterocycles. The zero-order chi connectivity index (χ0) is 67.7. The van der Waals surface area contributed by atoms with Crippen LogP contribution in [0.25, 0.3) is 0 Å². The maximum absolute atomic E-state index is 13.0. The molecular formula is C70H90Br3N9O12. The van der Waals surface area contributed by atoms with Gasteiger partial charge in [-0.2, -0.15) is 0 Å². The number of nitrogens with one attached hydrogen (secondary N) is 5. The normalized spacial score (nSPS) is 19.9. The number of likely N-dealkylation sites (tertiary alicyclic amines) is 2. The van der Waals surface area contributed by atoms with Crippen molar-refractivity contribution in [2.24, 2.45) is 10.8 Å². The monoisotopic (exact) mass is 1490 g/mol. The first kappa shape index (κ1) is 73.8. The number of amides is 6. The van der Waals surface area contributed by atoms with Crippen LogP contribution >= 0.6 is 47.8 Å². The molecule has 0 bridgehead atoms. The minimum atomic E-state index is -1.86. The SMILES string of the molecule is C[C@H](NC(=O)[C@H](O)[C@@H](O)C(=O)N1CCC2(CCCNC2)CC1)c1ccc(Br)cc1.C[C@H](NC(=O)[C@H](O)[C@@H](O)C(=O)N1CCC2(CCNC2)CC1)c1ccc(Br)cc1.C[C@H](NC(=O)[C@H](O)[C@@H](O)C(=O)N1CCN(C(c2ccccc2)c2ccccc2)CC1)c1ccc(Br)cc1. The Morgan fingerprint density at radius 2 is 0.691 bits per heavy atom. The van der Waals surface area contributed by atoms with Crippen LogP contribution in [0, 0.1) is 10.8 Å². The number of benzene rings is 5. The number of aliphatic hydroxyl groups is 6. The average Bonchev–Trinajstić information content (AvgIpc) is 1.11. The molecule has 508 valence electrons. The van der Waals surface area contributed by atoms with E-state index in [2.05, 4.69) is 104 Å². The second-order valence-corrected chi connectivity index (χ2v) is 28.2. The number of hydrogen-bond donors (Lipinski definition) is 11. The van der Waals surface area contributed by atoms with Gasteiger partial charge in [0, 0.05) is 78.9 Å². The Bertz CT molecular complexity index is 3210. The van der Waals surface area contributed by atoms with Crippen molar-refractivity contribution in [1.82, 2.24) is 46.2 Å². The molecule has 5 aromatic carbocycles. The fourth-order valence-corrected chi connectivity index (χ4v) is 13.8. The molecule has 5 aliphatic heterocycles. The van der Waals surface area contributed by atoms with Crippen LogP contribution in [0.15, 0.2) is 147 Å². The van der Waals surface area contributed by atoms with Gasteiger partial charge in [0.1, 0.15) is 0 Å². The number of rotatable bonds is 18. The Kier molecular flexibility index (Phi) is 27.3. The van der Waals surface area contributed by atoms with Crippen LogP contribution < -0.4 is 26.6 Å². The van der Waals surface area contributed by atoms with Crippen molar-refractivity contribution in [2.75, 3.05) is 78.5 Å². The standard InChI is InChI=1S/C29H32BrN3O4.C21H30BrN3O4.C20H28BrN3O4/c1-20(21-12-14-24(30)15-13-21)31-28(36)26(34)27(35)29(37)33-18-16-32(17-19-33)25(22-8-4-2-5-9-22)23-10-6-3-7-11-23;1-14(15-3-5-16(22)6-4-15)24-19(28)17(26)18(27)20(29)25-11-8-21(9-12-25)7-2-10-23-13-21;1-13(14-2-4-15(21)5-3-14)23-18(27)16(25)17(26)19(28)24-10-7-20(8-11-24)6-9-22-12-20/h2-15,20,25-27,34-35H,16-19H2,1H3,(H,31,36);3-6,14,17-18,23,26-27H,2,7-13H2,1H3,(H,24,28);2-5,13,16-17,22,25-26H,6-12H2,1H3,(H,23,27)/t20-,26+,27+;14-,17+,18+;13-,16+,17+/m000/s1. The maximum atomic E-state index is 13.0. The third-order valence-corrected chi connectivity index (χ3v) is 20.6. The summed E-state index contributed by atoms with van der Waals surface area (Å²) in [4.78, 5) is 82.3. The van der Waals surface area contributed by atoms with Crippen LogP contribution in [0.4, 0.5) is 0 Å². The van der Waals surface area contributed by atoms with Crippen LogP contribution in [0.2, 0.25) is 0 Å². The lowest BCUT2D eigenvalue weighted by atomic mass is 9.73. The Labute approximate surface area is 575 Å². The lowest BCUT2D eigenvalue weighted by Crippen LogP contribution is -2.56. The third-order valence-electron chi connectivity index (χ3n) is 19.0. The number of carbonyl (C=O) groups is 6. The second-order valence-electron chi connectivity index (χ2n) is 25.5. The van der Waals surface area contributed by atoms with Gasteiger partial charge in [-0.05, 0) is 154 Å². The Hall–Kier alpha value is -6.00. The van der Waals surface area contributed by atoms with Gasteiger partial charge in [-0.1, -0.05) is 145 Å². The fraction of sp³-hybridized carbons (Fsp3) is 0.486. The van der Waals surface area contributed by atoms with Gasteiger partial charge in [0.15, 0.2) is 36.6 Å². The van der Waals surface area contributed by atoms with E-state index in [-0.39, 0.29) is 29.0 Å². The number of piperidine rings is 3. The molecule has 10 rings (SSSR count). The maximum Gasteiger partial charge on any atom is 0.254 e. The molecular weight excluding hydrogens is 1400 g/mol. The molecule has 24 heteroatoms. The van der Waals surface area contributed by atoms with Gasteiger partial charge < -0.3 is 71.9 Å². The molecule has 11 N–H and O–H groups in total. The van der Waals surface area contributed by atoms with Crippen molar-refractivity contribution in [2.45, 2.75) is 127 Å². The molecule has 0 radical (unpaired) electrons. The zero-order valence-electron chi connectivity index (χ0n) is 53.5. The van der Waals surface area contributed by atoms with Gasteiger partial charge >= 0.3 is 0 Å². The van der Waals surface area contributed by atoms with E-state index in [0.29, 0.717) is 52.4 Å². The van der Waals surface area contributed by atoms with Crippen molar-refractivity contribution in [3.8, 4) is 0 Å². The van der Waals surface area contributed by atoms with E-state index in [1.165, 1.54) is 16.0 Å². The summed E-state index contributed by atoms with van der Waals surface area (Å²) in [5.74, 6) is -4.11. The van der Waals surface area contributed by atoms with Crippen molar-refractivity contribution in [3.05, 3.63) is 175 Å². The molecule has 9 atom stereocenters. The quantitative estimate of drug-likeness (QED) is 0.0511. The molecule has 0 saturated carbocycles. The first-order chi connectivity index (χ1) is 45.0. The summed E-state index contributed by atoms with van der Waals surface area (Å²) in [6.07, 6.45) is -3.88. The number of hydrogen-bond acceptors (Lipinski definition) is 15. The van der Waals surface area contributed by atoms with Gasteiger partial charge in [0.2, 0.25) is 0 Å². The third kappa shape index (κ3) is 19.8. The summed E-state index contributed by atoms with van der Waals surface area (Å²) in [7, 11) is 0. The highest BCUT2D eigenvalue weighted by atomic mass is 79.9. The van der Waals surface area contributed by atoms with Gasteiger partial charge in [0.25, 0.3) is 35.4 Å². The zero-order valence-corrected chi connectivity index (χ0v) is 58.2. The van der Waals surface area contributed by atoms with E-state index < -0.39 is 78.1 Å². The molecule has 94 heavy (non-hydrogen) atoms. The molecule has 2 spiro atoms. The molecule has 0 unspecified atom stereocenters. The molecule has 5 fully saturated rings. The van der Waals surface area contributed by atoms with Crippen LogP contribution in [-0.2, 0) is 28.8 Å². The number of piperazine rings is 1. The highest BCUT2D eigenvalue weighted by Gasteiger charge is 2.43. The van der Waals surface area contributed by atoms with E-state index in [4.69, 9.17) is 0 Å². The first-order valence-electron chi connectivity index (χ1n) is 32.4. The number of halogens is 3. The van der Waals surface area contributed by atoms with Crippen molar-refractivity contribution in [3.63, 3.8) is 0 Å². The summed E-state index contributed by atoms with van der Waals surface area (Å²) in [6.45, 7) is 13.5. The molecule has 21 nitrogen and oxygen atoms in total. The Morgan fingerprint density at radius 1 is 0.383 bits per heavy atom. The minimum Gasteiger partial charge on any atom is -0.380 e. The predicted octanol–water partition coefficient (Wildman–Crippen LogP) is 5.57. The van der Waals surface area contributed by atoms with Gasteiger partial charge in [0.05, 0.1) is 24.2 Å². The molecule has 5 aromatic rings. The van der Waals surface area contributed by atoms with Crippen molar-refractivity contribution < 1.29 is 59.4 Å². The minimum absolute atomic E-state index is 0.0426. The fourth-order valence-electron chi connectivity index (χ4n) is 13.0.